The molecule has 0 saturated carbocycles. The first kappa shape index (κ1) is 20.0. The van der Waals surface area contributed by atoms with E-state index in [4.69, 9.17) is 0 Å². The minimum absolute atomic E-state index is 0. The van der Waals surface area contributed by atoms with Crippen molar-refractivity contribution >= 4 is 0 Å². The van der Waals surface area contributed by atoms with E-state index in [-0.39, 0.29) is 17.1 Å². The molecule has 3 aromatic rings. The fraction of sp³-hybridized carbons (Fsp3) is 0.167. The summed E-state index contributed by atoms with van der Waals surface area (Å²) in [5.41, 5.74) is 3.63. The predicted octanol–water partition coefficient (Wildman–Crippen LogP) is 4.17. The molecule has 3 nitrogen and oxygen atoms in total. The van der Waals surface area contributed by atoms with Crippen LogP contribution in [-0.4, -0.2) is 15.0 Å². The van der Waals surface area contributed by atoms with E-state index >= 15 is 0 Å². The molecule has 0 aliphatic rings. The maximum atomic E-state index is 3.88. The van der Waals surface area contributed by atoms with E-state index < -0.39 is 0 Å². The molecular weight excluding hydrogens is 322 g/mol. The molecule has 0 atom stereocenters. The Balaban J connectivity index is 0.000000294. The van der Waals surface area contributed by atoms with Crippen molar-refractivity contribution in [1.82, 2.24) is 15.0 Å². The van der Waals surface area contributed by atoms with E-state index in [1.807, 2.05) is 75.8 Å². The summed E-state index contributed by atoms with van der Waals surface area (Å²) in [6, 6.07) is 11.8. The normalized spacial score (nSPS) is 8.32. The Morgan fingerprint density at radius 1 is 0.545 bits per heavy atom. The van der Waals surface area contributed by atoms with Gasteiger partial charge in [0.15, 0.2) is 0 Å². The van der Waals surface area contributed by atoms with Crippen LogP contribution in [0.5, 0.6) is 0 Å². The third-order valence-corrected chi connectivity index (χ3v) is 2.43. The number of rotatable bonds is 0. The third kappa shape index (κ3) is 10.7. The zero-order chi connectivity index (χ0) is 15.3. The van der Waals surface area contributed by atoms with Crippen molar-refractivity contribution in [3.05, 3.63) is 90.3 Å². The molecule has 0 spiro atoms. The van der Waals surface area contributed by atoms with Crippen LogP contribution in [0.2, 0.25) is 0 Å². The van der Waals surface area contributed by atoms with Gasteiger partial charge >= 0.3 is 17.1 Å². The molecule has 117 valence electrons. The molecule has 0 fully saturated rings. The van der Waals surface area contributed by atoms with Crippen molar-refractivity contribution in [3.63, 3.8) is 0 Å². The number of hydrogen-bond acceptors (Lipinski definition) is 3. The van der Waals surface area contributed by atoms with Crippen molar-refractivity contribution < 1.29 is 17.1 Å². The first-order chi connectivity index (χ1) is 10.2. The van der Waals surface area contributed by atoms with E-state index in [1.54, 1.807) is 18.6 Å². The average molecular weight is 343 g/mol. The van der Waals surface area contributed by atoms with Gasteiger partial charge in [-0.2, -0.15) is 0 Å². The fourth-order valence-electron chi connectivity index (χ4n) is 1.34. The van der Waals surface area contributed by atoms with Crippen LogP contribution < -0.4 is 0 Å². The Kier molecular flexibility index (Phi) is 11.5. The second kappa shape index (κ2) is 12.7. The Morgan fingerprint density at radius 2 is 0.818 bits per heavy atom. The molecule has 3 heterocycles. The second-order valence-corrected chi connectivity index (χ2v) is 4.59. The summed E-state index contributed by atoms with van der Waals surface area (Å²) in [4.78, 5) is 11.7. The Bertz CT molecular complexity index is 497. The molecule has 0 bridgehead atoms. The van der Waals surface area contributed by atoms with Gasteiger partial charge < -0.3 is 0 Å². The van der Waals surface area contributed by atoms with Crippen LogP contribution in [0.15, 0.2) is 73.6 Å². The monoisotopic (exact) mass is 342 g/mol. The van der Waals surface area contributed by atoms with Gasteiger partial charge in [0.1, 0.15) is 0 Å². The van der Waals surface area contributed by atoms with E-state index in [2.05, 4.69) is 15.0 Å². The smallest absolute Gasteiger partial charge is 0.264 e. The number of pyridine rings is 3. The Hall–Kier alpha value is -2.03. The Labute approximate surface area is 143 Å². The first-order valence-corrected chi connectivity index (χ1v) is 6.78. The van der Waals surface area contributed by atoms with Gasteiger partial charge in [-0.1, -0.05) is 18.2 Å². The van der Waals surface area contributed by atoms with Crippen LogP contribution in [0.25, 0.3) is 0 Å². The van der Waals surface area contributed by atoms with Crippen LogP contribution >= 0.6 is 0 Å². The maximum Gasteiger partial charge on any atom is 2.00 e. The predicted molar refractivity (Wildman–Crippen MR) is 86.9 cm³/mol. The van der Waals surface area contributed by atoms with Crippen molar-refractivity contribution in [2.24, 2.45) is 0 Å². The molecule has 0 saturated heterocycles. The molecule has 0 aliphatic carbocycles. The zero-order valence-corrected chi connectivity index (χ0v) is 14.0. The van der Waals surface area contributed by atoms with Gasteiger partial charge in [0, 0.05) is 37.2 Å². The van der Waals surface area contributed by atoms with E-state index in [0.29, 0.717) is 0 Å². The number of aromatic nitrogens is 3. The third-order valence-electron chi connectivity index (χ3n) is 2.43. The SMILES string of the molecule is Cc1cccnc1.Cc1cccnc1.Cc1cccnc1.[Cu+2]. The van der Waals surface area contributed by atoms with Crippen LogP contribution in [0.3, 0.4) is 0 Å². The van der Waals surface area contributed by atoms with Gasteiger partial charge in [0.2, 0.25) is 0 Å². The molecule has 0 amide bonds. The first-order valence-electron chi connectivity index (χ1n) is 6.78. The number of aryl methyl sites for hydroxylation is 3. The molecule has 0 unspecified atom stereocenters. The van der Waals surface area contributed by atoms with Crippen molar-refractivity contribution in [3.8, 4) is 0 Å². The molecule has 4 heteroatoms. The van der Waals surface area contributed by atoms with Gasteiger partial charge in [-0.15, -0.1) is 0 Å². The topological polar surface area (TPSA) is 38.7 Å². The van der Waals surface area contributed by atoms with Crippen LogP contribution in [0.4, 0.5) is 0 Å². The van der Waals surface area contributed by atoms with Crippen molar-refractivity contribution in [1.29, 1.82) is 0 Å². The van der Waals surface area contributed by atoms with E-state index in [1.165, 1.54) is 16.7 Å². The van der Waals surface area contributed by atoms with Gasteiger partial charge in [0.25, 0.3) is 0 Å². The summed E-state index contributed by atoms with van der Waals surface area (Å²) in [6.07, 6.45) is 10.8. The number of hydrogen-bond donors (Lipinski definition) is 0. The van der Waals surface area contributed by atoms with Gasteiger partial charge in [-0.05, 0) is 55.7 Å². The van der Waals surface area contributed by atoms with Crippen molar-refractivity contribution in [2.75, 3.05) is 0 Å². The average Bonchev–Trinajstić information content (AvgIpc) is 2.51. The largest absolute Gasteiger partial charge is 2.00 e. The molecule has 0 aromatic carbocycles. The van der Waals surface area contributed by atoms with Gasteiger partial charge in [0.05, 0.1) is 0 Å². The number of nitrogens with zero attached hydrogens (tertiary/aromatic N) is 3. The summed E-state index contributed by atoms with van der Waals surface area (Å²) in [7, 11) is 0. The summed E-state index contributed by atoms with van der Waals surface area (Å²) >= 11 is 0. The standard InChI is InChI=1S/3C6H7N.Cu/c3*1-6-3-2-4-7-5-6;/h3*2-5H,1H3;/q;;;+2. The van der Waals surface area contributed by atoms with Crippen LogP contribution in [0.1, 0.15) is 16.7 Å². The summed E-state index contributed by atoms with van der Waals surface area (Å²) < 4.78 is 0. The fourth-order valence-corrected chi connectivity index (χ4v) is 1.34. The minimum Gasteiger partial charge on any atom is -0.264 e. The Morgan fingerprint density at radius 3 is 0.909 bits per heavy atom. The summed E-state index contributed by atoms with van der Waals surface area (Å²) in [5.74, 6) is 0. The molecular formula is C18H21CuN3+2. The molecule has 0 aliphatic heterocycles. The second-order valence-electron chi connectivity index (χ2n) is 4.59. The maximum absolute atomic E-state index is 3.88. The molecule has 1 radical (unpaired) electrons. The zero-order valence-electron chi connectivity index (χ0n) is 13.1. The molecule has 3 aromatic heterocycles. The molecule has 0 N–H and O–H groups in total. The van der Waals surface area contributed by atoms with Gasteiger partial charge in [-0.25, -0.2) is 0 Å². The molecule has 3 rings (SSSR count). The van der Waals surface area contributed by atoms with E-state index in [0.717, 1.165) is 0 Å². The van der Waals surface area contributed by atoms with Crippen LogP contribution in [-0.2, 0) is 17.1 Å². The van der Waals surface area contributed by atoms with Gasteiger partial charge in [-0.3, -0.25) is 15.0 Å². The van der Waals surface area contributed by atoms with E-state index in [9.17, 15) is 0 Å². The van der Waals surface area contributed by atoms with Crippen LogP contribution in [0, 0.1) is 20.8 Å². The van der Waals surface area contributed by atoms with Crippen molar-refractivity contribution in [2.45, 2.75) is 20.8 Å². The quantitative estimate of drug-likeness (QED) is 0.575. The minimum atomic E-state index is 0. The molecule has 22 heavy (non-hydrogen) atoms. The summed E-state index contributed by atoms with van der Waals surface area (Å²) in [6.45, 7) is 6.06. The summed E-state index contributed by atoms with van der Waals surface area (Å²) in [5, 5.41) is 0.